The number of nitrogens with one attached hydrogen (secondary N) is 1. The number of carboxylic acid groups (broad SMARTS) is 1. The van der Waals surface area contributed by atoms with Crippen molar-refractivity contribution in [2.24, 2.45) is 11.7 Å². The second kappa shape index (κ2) is 4.74. The van der Waals surface area contributed by atoms with E-state index in [9.17, 15) is 14.4 Å². The van der Waals surface area contributed by atoms with Gasteiger partial charge in [-0.25, -0.2) is 0 Å². The Kier molecular flexibility index (Phi) is 3.62. The molecular weight excluding hydrogens is 202 g/mol. The lowest BCUT2D eigenvalue weighted by Crippen LogP contribution is -2.55. The van der Waals surface area contributed by atoms with Gasteiger partial charge in [0, 0.05) is 13.1 Å². The maximum Gasteiger partial charge on any atom is 0.310 e. The zero-order chi connectivity index (χ0) is 11.4. The van der Waals surface area contributed by atoms with Gasteiger partial charge >= 0.3 is 5.97 Å². The van der Waals surface area contributed by atoms with Crippen molar-refractivity contribution in [1.82, 2.24) is 10.2 Å². The van der Waals surface area contributed by atoms with Crippen LogP contribution in [-0.4, -0.2) is 54.0 Å². The third-order valence-electron chi connectivity index (χ3n) is 2.21. The normalized spacial score (nSPS) is 15.7. The summed E-state index contributed by atoms with van der Waals surface area (Å²) in [6.45, 7) is 0.146. The first-order chi connectivity index (χ1) is 7.04. The van der Waals surface area contributed by atoms with E-state index in [1.54, 1.807) is 0 Å². The number of hydrogen-bond acceptors (Lipinski definition) is 4. The molecule has 7 nitrogen and oxygen atoms in total. The molecule has 0 aliphatic carbocycles. The first-order valence-corrected chi connectivity index (χ1v) is 4.52. The number of carbonyl (C=O) groups is 3. The number of nitrogens with zero attached hydrogens (tertiary/aromatic N) is 1. The molecule has 1 saturated heterocycles. The SMILES string of the molecule is NCC(=O)NCC(=O)N1CC(C(=O)O)C1. The Morgan fingerprint density at radius 1 is 1.40 bits per heavy atom. The molecule has 1 rings (SSSR count). The molecule has 15 heavy (non-hydrogen) atoms. The quantitative estimate of drug-likeness (QED) is 0.484. The molecule has 0 atom stereocenters. The molecule has 0 bridgehead atoms. The lowest BCUT2D eigenvalue weighted by Gasteiger charge is -2.36. The van der Waals surface area contributed by atoms with Crippen LogP contribution in [0, 0.1) is 5.92 Å². The predicted octanol–water partition coefficient (Wildman–Crippen LogP) is -2.40. The van der Waals surface area contributed by atoms with E-state index < -0.39 is 17.8 Å². The number of amides is 2. The highest BCUT2D eigenvalue weighted by atomic mass is 16.4. The zero-order valence-corrected chi connectivity index (χ0v) is 8.10. The topological polar surface area (TPSA) is 113 Å². The molecule has 4 N–H and O–H groups in total. The maximum absolute atomic E-state index is 11.3. The number of carboxylic acids is 1. The Morgan fingerprint density at radius 2 is 2.00 bits per heavy atom. The van der Waals surface area contributed by atoms with Gasteiger partial charge in [0.1, 0.15) is 0 Å². The highest BCUT2D eigenvalue weighted by molar-refractivity contribution is 5.87. The van der Waals surface area contributed by atoms with Gasteiger partial charge in [-0.3, -0.25) is 14.4 Å². The molecule has 0 radical (unpaired) electrons. The van der Waals surface area contributed by atoms with Gasteiger partial charge in [-0.15, -0.1) is 0 Å². The number of carbonyl (C=O) groups excluding carboxylic acids is 2. The predicted molar refractivity (Wildman–Crippen MR) is 49.8 cm³/mol. The van der Waals surface area contributed by atoms with Crippen molar-refractivity contribution < 1.29 is 19.5 Å². The number of rotatable bonds is 4. The van der Waals surface area contributed by atoms with E-state index in [1.165, 1.54) is 4.90 Å². The Labute approximate surface area is 86.2 Å². The summed E-state index contributed by atoms with van der Waals surface area (Å²) < 4.78 is 0. The van der Waals surface area contributed by atoms with E-state index in [0.29, 0.717) is 0 Å². The van der Waals surface area contributed by atoms with Crippen LogP contribution >= 0.6 is 0 Å². The average Bonchev–Trinajstić information content (AvgIpc) is 2.11. The highest BCUT2D eigenvalue weighted by Gasteiger charge is 2.35. The molecule has 0 aromatic rings. The van der Waals surface area contributed by atoms with Crippen LogP contribution in [0.2, 0.25) is 0 Å². The fraction of sp³-hybridized carbons (Fsp3) is 0.625. The summed E-state index contributed by atoms with van der Waals surface area (Å²) in [5.74, 6) is -2.06. The fourth-order valence-electron chi connectivity index (χ4n) is 1.20. The summed E-state index contributed by atoms with van der Waals surface area (Å²) >= 11 is 0. The van der Waals surface area contributed by atoms with Gasteiger partial charge in [-0.1, -0.05) is 0 Å². The summed E-state index contributed by atoms with van der Waals surface area (Å²) in [5, 5.41) is 10.9. The number of aliphatic carboxylic acids is 1. The first kappa shape index (κ1) is 11.4. The minimum atomic E-state index is -0.898. The van der Waals surface area contributed by atoms with Crippen LogP contribution in [0.25, 0.3) is 0 Å². The zero-order valence-electron chi connectivity index (χ0n) is 8.10. The molecule has 7 heteroatoms. The maximum atomic E-state index is 11.3. The van der Waals surface area contributed by atoms with Gasteiger partial charge < -0.3 is 21.1 Å². The summed E-state index contributed by atoms with van der Waals surface area (Å²) in [4.78, 5) is 33.8. The molecule has 84 valence electrons. The molecule has 0 aromatic heterocycles. The molecular formula is C8H13N3O4. The highest BCUT2D eigenvalue weighted by Crippen LogP contribution is 2.14. The number of nitrogens with two attached hydrogens (primary N) is 1. The largest absolute Gasteiger partial charge is 0.481 e. The van der Waals surface area contributed by atoms with Gasteiger partial charge in [0.25, 0.3) is 0 Å². The summed E-state index contributed by atoms with van der Waals surface area (Å²) in [5.41, 5.74) is 5.03. The number of hydrogen-bond donors (Lipinski definition) is 3. The Balaban J connectivity index is 2.21. The molecule has 1 aliphatic rings. The Bertz CT molecular complexity index is 286. The van der Waals surface area contributed by atoms with Crippen molar-refractivity contribution in [2.75, 3.05) is 26.2 Å². The fourth-order valence-corrected chi connectivity index (χ4v) is 1.20. The van der Waals surface area contributed by atoms with E-state index in [0.717, 1.165) is 0 Å². The minimum Gasteiger partial charge on any atom is -0.481 e. The van der Waals surface area contributed by atoms with Gasteiger partial charge in [0.2, 0.25) is 11.8 Å². The Morgan fingerprint density at radius 3 is 2.47 bits per heavy atom. The van der Waals surface area contributed by atoms with E-state index in [-0.39, 0.29) is 32.1 Å². The van der Waals surface area contributed by atoms with Gasteiger partial charge in [-0.2, -0.15) is 0 Å². The lowest BCUT2D eigenvalue weighted by atomic mass is 10.0. The third kappa shape index (κ3) is 2.91. The van der Waals surface area contributed by atoms with Gasteiger partial charge in [0.15, 0.2) is 0 Å². The van der Waals surface area contributed by atoms with Crippen molar-refractivity contribution in [3.8, 4) is 0 Å². The van der Waals surface area contributed by atoms with Crippen molar-refractivity contribution in [1.29, 1.82) is 0 Å². The smallest absolute Gasteiger partial charge is 0.310 e. The van der Waals surface area contributed by atoms with Crippen LogP contribution in [0.5, 0.6) is 0 Å². The van der Waals surface area contributed by atoms with Crippen LogP contribution in [0.1, 0.15) is 0 Å². The van der Waals surface area contributed by atoms with Crippen LogP contribution in [0.15, 0.2) is 0 Å². The average molecular weight is 215 g/mol. The summed E-state index contributed by atoms with van der Waals surface area (Å²) in [6, 6.07) is 0. The molecule has 0 spiro atoms. The summed E-state index contributed by atoms with van der Waals surface area (Å²) in [6.07, 6.45) is 0. The molecule has 1 fully saturated rings. The van der Waals surface area contributed by atoms with E-state index in [1.807, 2.05) is 0 Å². The molecule has 1 aliphatic heterocycles. The van der Waals surface area contributed by atoms with Crippen LogP contribution in [0.3, 0.4) is 0 Å². The lowest BCUT2D eigenvalue weighted by molar-refractivity contribution is -0.152. The molecule has 0 aromatic carbocycles. The monoisotopic (exact) mass is 215 g/mol. The number of likely N-dealkylation sites (tertiary alicyclic amines) is 1. The Hall–Kier alpha value is -1.63. The van der Waals surface area contributed by atoms with Gasteiger partial charge in [-0.05, 0) is 0 Å². The van der Waals surface area contributed by atoms with Crippen LogP contribution < -0.4 is 11.1 Å². The van der Waals surface area contributed by atoms with Crippen LogP contribution in [-0.2, 0) is 14.4 Å². The molecule has 0 unspecified atom stereocenters. The van der Waals surface area contributed by atoms with E-state index in [4.69, 9.17) is 10.8 Å². The minimum absolute atomic E-state index is 0.123. The van der Waals surface area contributed by atoms with Crippen LogP contribution in [0.4, 0.5) is 0 Å². The molecule has 2 amide bonds. The first-order valence-electron chi connectivity index (χ1n) is 4.52. The summed E-state index contributed by atoms with van der Waals surface area (Å²) in [7, 11) is 0. The van der Waals surface area contributed by atoms with E-state index >= 15 is 0 Å². The molecule has 0 saturated carbocycles. The molecule has 1 heterocycles. The second-order valence-electron chi connectivity index (χ2n) is 3.31. The standard InChI is InChI=1S/C8H13N3O4/c9-1-6(12)10-2-7(13)11-3-5(4-11)8(14)15/h5H,1-4,9H2,(H,10,12)(H,14,15). The van der Waals surface area contributed by atoms with Crippen molar-refractivity contribution in [2.45, 2.75) is 0 Å². The third-order valence-corrected chi connectivity index (χ3v) is 2.21. The van der Waals surface area contributed by atoms with Crippen molar-refractivity contribution in [3.63, 3.8) is 0 Å². The van der Waals surface area contributed by atoms with E-state index in [2.05, 4.69) is 5.32 Å². The van der Waals surface area contributed by atoms with Gasteiger partial charge in [0.05, 0.1) is 19.0 Å². The van der Waals surface area contributed by atoms with Crippen molar-refractivity contribution in [3.05, 3.63) is 0 Å². The van der Waals surface area contributed by atoms with Crippen molar-refractivity contribution >= 4 is 17.8 Å². The second-order valence-corrected chi connectivity index (χ2v) is 3.31.